The fourth-order valence-corrected chi connectivity index (χ4v) is 2.83. The van der Waals surface area contributed by atoms with Gasteiger partial charge in [0.05, 0.1) is 0 Å². The highest BCUT2D eigenvalue weighted by Gasteiger charge is 2.35. The molecular formula is C13H20N4O. The molecule has 5 heteroatoms. The minimum absolute atomic E-state index is 0.00421. The van der Waals surface area contributed by atoms with Crippen molar-refractivity contribution in [3.05, 3.63) is 11.6 Å². The molecule has 0 aromatic carbocycles. The molecule has 1 atom stereocenters. The Kier molecular flexibility index (Phi) is 3.16. The van der Waals surface area contributed by atoms with Gasteiger partial charge in [0.15, 0.2) is 5.82 Å². The van der Waals surface area contributed by atoms with Gasteiger partial charge < -0.3 is 10.5 Å². The summed E-state index contributed by atoms with van der Waals surface area (Å²) in [6, 6.07) is 0. The Balaban J connectivity index is 1.89. The second kappa shape index (κ2) is 4.80. The van der Waals surface area contributed by atoms with E-state index in [2.05, 4.69) is 15.0 Å². The number of aromatic nitrogens is 3. The summed E-state index contributed by atoms with van der Waals surface area (Å²) in [6.07, 6.45) is 7.26. The van der Waals surface area contributed by atoms with Crippen LogP contribution in [0.1, 0.15) is 62.2 Å². The number of hydrogen-bond donors (Lipinski definition) is 1. The molecule has 3 rings (SSSR count). The van der Waals surface area contributed by atoms with Gasteiger partial charge in [-0.25, -0.2) is 4.98 Å². The van der Waals surface area contributed by atoms with E-state index in [4.69, 9.17) is 10.5 Å². The average Bonchev–Trinajstić information content (AvgIpc) is 3.04. The number of nitrogens with zero attached hydrogens (tertiary/aromatic N) is 3. The summed E-state index contributed by atoms with van der Waals surface area (Å²) < 4.78 is 5.52. The first-order valence-corrected chi connectivity index (χ1v) is 6.82. The first kappa shape index (κ1) is 11.8. The molecule has 98 valence electrons. The monoisotopic (exact) mass is 248 g/mol. The van der Waals surface area contributed by atoms with E-state index in [1.54, 1.807) is 7.11 Å². The van der Waals surface area contributed by atoms with E-state index in [9.17, 15) is 0 Å². The molecule has 1 unspecified atom stereocenters. The van der Waals surface area contributed by atoms with E-state index in [-0.39, 0.29) is 6.10 Å². The van der Waals surface area contributed by atoms with Crippen molar-refractivity contribution in [1.82, 2.24) is 15.0 Å². The van der Waals surface area contributed by atoms with Crippen molar-refractivity contribution in [2.45, 2.75) is 50.5 Å². The number of nitrogen functional groups attached to an aromatic ring is 1. The number of hydrogen-bond acceptors (Lipinski definition) is 5. The summed E-state index contributed by atoms with van der Waals surface area (Å²) in [7, 11) is 1.72. The highest BCUT2D eigenvalue weighted by Crippen LogP contribution is 2.42. The Bertz CT molecular complexity index is 427. The largest absolute Gasteiger partial charge is 0.373 e. The number of anilines is 1. The Hall–Kier alpha value is -1.23. The lowest BCUT2D eigenvalue weighted by molar-refractivity contribution is 0.0768. The molecule has 0 amide bonds. The van der Waals surface area contributed by atoms with Crippen LogP contribution in [0.5, 0.6) is 0 Å². The molecule has 0 bridgehead atoms. The molecule has 1 aromatic rings. The van der Waals surface area contributed by atoms with E-state index >= 15 is 0 Å². The molecule has 5 nitrogen and oxygen atoms in total. The van der Waals surface area contributed by atoms with E-state index in [1.165, 1.54) is 38.5 Å². The third-order valence-corrected chi connectivity index (χ3v) is 3.97. The first-order chi connectivity index (χ1) is 8.78. The van der Waals surface area contributed by atoms with Crippen molar-refractivity contribution in [2.75, 3.05) is 12.8 Å². The highest BCUT2D eigenvalue weighted by atomic mass is 16.5. The predicted octanol–water partition coefficient (Wildman–Crippen LogP) is 2.21. The van der Waals surface area contributed by atoms with Crippen molar-refractivity contribution in [1.29, 1.82) is 0 Å². The van der Waals surface area contributed by atoms with E-state index in [0.29, 0.717) is 17.8 Å². The Morgan fingerprint density at radius 3 is 2.44 bits per heavy atom. The van der Waals surface area contributed by atoms with Crippen LogP contribution in [0.25, 0.3) is 0 Å². The number of ether oxygens (including phenoxy) is 1. The quantitative estimate of drug-likeness (QED) is 0.884. The Morgan fingerprint density at radius 1 is 1.11 bits per heavy atom. The smallest absolute Gasteiger partial charge is 0.223 e. The van der Waals surface area contributed by atoms with Crippen LogP contribution in [0.2, 0.25) is 0 Å². The van der Waals surface area contributed by atoms with Crippen molar-refractivity contribution < 1.29 is 4.74 Å². The minimum atomic E-state index is -0.00421. The van der Waals surface area contributed by atoms with Gasteiger partial charge in [0, 0.05) is 13.0 Å². The summed E-state index contributed by atoms with van der Waals surface area (Å²) in [5, 5.41) is 0. The standard InChI is InChI=1S/C13H20N4O/c1-18-10(8-6-7-8)12-15-11(16-13(14)17-12)9-4-2-3-5-9/h8-10H,2-7H2,1H3,(H2,14,15,16,17). The molecule has 0 spiro atoms. The lowest BCUT2D eigenvalue weighted by Gasteiger charge is -2.15. The summed E-state index contributed by atoms with van der Waals surface area (Å²) in [5.74, 6) is 2.97. The number of methoxy groups -OCH3 is 1. The molecule has 2 saturated carbocycles. The van der Waals surface area contributed by atoms with Crippen LogP contribution in [0.15, 0.2) is 0 Å². The van der Waals surface area contributed by atoms with Gasteiger partial charge in [-0.3, -0.25) is 0 Å². The summed E-state index contributed by atoms with van der Waals surface area (Å²) in [5.41, 5.74) is 5.82. The van der Waals surface area contributed by atoms with Gasteiger partial charge in [0.2, 0.25) is 5.95 Å². The summed E-state index contributed by atoms with van der Waals surface area (Å²) in [4.78, 5) is 13.2. The maximum absolute atomic E-state index is 5.82. The van der Waals surface area contributed by atoms with Gasteiger partial charge in [0.1, 0.15) is 11.9 Å². The molecule has 2 aliphatic carbocycles. The summed E-state index contributed by atoms with van der Waals surface area (Å²) in [6.45, 7) is 0. The molecule has 1 aromatic heterocycles. The maximum atomic E-state index is 5.82. The molecule has 1 heterocycles. The van der Waals surface area contributed by atoms with Gasteiger partial charge in [-0.05, 0) is 31.6 Å². The fraction of sp³-hybridized carbons (Fsp3) is 0.769. The summed E-state index contributed by atoms with van der Waals surface area (Å²) >= 11 is 0. The van der Waals surface area contributed by atoms with Crippen LogP contribution in [0, 0.1) is 5.92 Å². The van der Waals surface area contributed by atoms with Gasteiger partial charge >= 0.3 is 0 Å². The Morgan fingerprint density at radius 2 is 1.83 bits per heavy atom. The zero-order valence-corrected chi connectivity index (χ0v) is 10.8. The molecule has 0 aliphatic heterocycles. The molecule has 18 heavy (non-hydrogen) atoms. The minimum Gasteiger partial charge on any atom is -0.373 e. The van der Waals surface area contributed by atoms with Crippen LogP contribution in [0.3, 0.4) is 0 Å². The van der Waals surface area contributed by atoms with Gasteiger partial charge in [-0.1, -0.05) is 12.8 Å². The van der Waals surface area contributed by atoms with Crippen molar-refractivity contribution in [3.63, 3.8) is 0 Å². The molecule has 2 aliphatic rings. The first-order valence-electron chi connectivity index (χ1n) is 6.82. The lowest BCUT2D eigenvalue weighted by Crippen LogP contribution is -2.15. The van der Waals surface area contributed by atoms with Crippen LogP contribution in [-0.4, -0.2) is 22.1 Å². The molecule has 0 saturated heterocycles. The molecule has 2 N–H and O–H groups in total. The number of nitrogens with two attached hydrogens (primary N) is 1. The number of rotatable bonds is 4. The van der Waals surface area contributed by atoms with Crippen molar-refractivity contribution >= 4 is 5.95 Å². The van der Waals surface area contributed by atoms with Gasteiger partial charge in [0.25, 0.3) is 0 Å². The normalized spacial score (nSPS) is 22.3. The van der Waals surface area contributed by atoms with Crippen LogP contribution in [-0.2, 0) is 4.74 Å². The molecular weight excluding hydrogens is 228 g/mol. The van der Waals surface area contributed by atoms with Crippen LogP contribution in [0.4, 0.5) is 5.95 Å². The maximum Gasteiger partial charge on any atom is 0.223 e. The predicted molar refractivity (Wildman–Crippen MR) is 67.9 cm³/mol. The fourth-order valence-electron chi connectivity index (χ4n) is 2.83. The second-order valence-electron chi connectivity index (χ2n) is 5.39. The van der Waals surface area contributed by atoms with Crippen LogP contribution >= 0.6 is 0 Å². The van der Waals surface area contributed by atoms with Crippen molar-refractivity contribution in [2.24, 2.45) is 5.92 Å². The SMILES string of the molecule is COC(c1nc(N)nc(C2CCCC2)n1)C1CC1. The lowest BCUT2D eigenvalue weighted by atomic mass is 10.1. The van der Waals surface area contributed by atoms with Crippen molar-refractivity contribution in [3.8, 4) is 0 Å². The van der Waals surface area contributed by atoms with Crippen LogP contribution < -0.4 is 5.73 Å². The molecule has 0 radical (unpaired) electrons. The second-order valence-corrected chi connectivity index (χ2v) is 5.39. The van der Waals surface area contributed by atoms with E-state index in [0.717, 1.165) is 11.6 Å². The molecule has 2 fully saturated rings. The van der Waals surface area contributed by atoms with E-state index in [1.807, 2.05) is 0 Å². The Labute approximate surface area is 107 Å². The average molecular weight is 248 g/mol. The topological polar surface area (TPSA) is 73.9 Å². The zero-order valence-electron chi connectivity index (χ0n) is 10.8. The zero-order chi connectivity index (χ0) is 12.5. The van der Waals surface area contributed by atoms with Gasteiger partial charge in [-0.2, -0.15) is 9.97 Å². The highest BCUT2D eigenvalue weighted by molar-refractivity contribution is 5.19. The third-order valence-electron chi connectivity index (χ3n) is 3.97. The van der Waals surface area contributed by atoms with Gasteiger partial charge in [-0.15, -0.1) is 0 Å². The third kappa shape index (κ3) is 2.32. The van der Waals surface area contributed by atoms with E-state index < -0.39 is 0 Å².